The highest BCUT2D eigenvalue weighted by Crippen LogP contribution is 2.34. The maximum absolute atomic E-state index is 6.43. The van der Waals surface area contributed by atoms with Gasteiger partial charge < -0.3 is 14.8 Å². The van der Waals surface area contributed by atoms with Crippen LogP contribution in [0.3, 0.4) is 0 Å². The van der Waals surface area contributed by atoms with Gasteiger partial charge in [-0.1, -0.05) is 65.1 Å². The van der Waals surface area contributed by atoms with Gasteiger partial charge in [-0.05, 0) is 66.2 Å². The third kappa shape index (κ3) is 6.10. The van der Waals surface area contributed by atoms with Gasteiger partial charge in [0.05, 0.1) is 5.02 Å². The lowest BCUT2D eigenvalue weighted by atomic mass is 10.2. The van der Waals surface area contributed by atoms with E-state index in [9.17, 15) is 0 Å². The van der Waals surface area contributed by atoms with Crippen LogP contribution in [0.25, 0.3) is 0 Å². The van der Waals surface area contributed by atoms with Crippen LogP contribution < -0.4 is 14.8 Å². The van der Waals surface area contributed by atoms with Crippen LogP contribution in [0.1, 0.15) is 11.1 Å². The van der Waals surface area contributed by atoms with Gasteiger partial charge in [-0.2, -0.15) is 0 Å². The van der Waals surface area contributed by atoms with Crippen LogP contribution in [0.15, 0.2) is 91.0 Å². The summed E-state index contributed by atoms with van der Waals surface area (Å²) in [4.78, 5) is 0. The molecule has 0 saturated carbocycles. The molecule has 4 rings (SSSR count). The third-order valence-corrected chi connectivity index (χ3v) is 5.45. The van der Waals surface area contributed by atoms with E-state index >= 15 is 0 Å². The fourth-order valence-electron chi connectivity index (χ4n) is 3.11. The molecule has 0 spiro atoms. The lowest BCUT2D eigenvalue weighted by Crippen LogP contribution is -2.04. The Morgan fingerprint density at radius 3 is 2.09 bits per heavy atom. The highest BCUT2D eigenvalue weighted by atomic mass is 35.5. The molecule has 32 heavy (non-hydrogen) atoms. The summed E-state index contributed by atoms with van der Waals surface area (Å²) in [6, 6.07) is 28.4. The van der Waals surface area contributed by atoms with E-state index in [1.54, 1.807) is 6.07 Å². The zero-order chi connectivity index (χ0) is 22.3. The normalized spacial score (nSPS) is 10.6. The van der Waals surface area contributed by atoms with Crippen molar-refractivity contribution in [1.82, 2.24) is 0 Å². The van der Waals surface area contributed by atoms with E-state index in [0.717, 1.165) is 28.3 Å². The molecule has 0 unspecified atom stereocenters. The average Bonchev–Trinajstić information content (AvgIpc) is 2.80. The topological polar surface area (TPSA) is 30.5 Å². The fourth-order valence-corrected chi connectivity index (χ4v) is 3.82. The minimum atomic E-state index is 0.372. The minimum Gasteiger partial charge on any atom is -0.487 e. The summed E-state index contributed by atoms with van der Waals surface area (Å²) in [7, 11) is 0. The van der Waals surface area contributed by atoms with E-state index < -0.39 is 0 Å². The molecule has 162 valence electrons. The Hall–Kier alpha value is -2.85. The molecule has 0 aliphatic carbocycles. The second kappa shape index (κ2) is 10.6. The lowest BCUT2D eigenvalue weighted by molar-refractivity contribution is 0.303. The van der Waals surface area contributed by atoms with Crippen molar-refractivity contribution in [1.29, 1.82) is 0 Å². The molecular formula is C26H20Cl3NO2. The number of rotatable bonds is 8. The number of hydrogen-bond acceptors (Lipinski definition) is 3. The maximum atomic E-state index is 6.43. The van der Waals surface area contributed by atoms with Crippen LogP contribution in [0.2, 0.25) is 15.1 Å². The predicted molar refractivity (Wildman–Crippen MR) is 133 cm³/mol. The van der Waals surface area contributed by atoms with Crippen LogP contribution >= 0.6 is 34.8 Å². The Labute approximate surface area is 202 Å². The van der Waals surface area contributed by atoms with E-state index in [1.807, 2.05) is 84.9 Å². The highest BCUT2D eigenvalue weighted by Gasteiger charge is 2.12. The van der Waals surface area contributed by atoms with E-state index in [2.05, 4.69) is 5.32 Å². The summed E-state index contributed by atoms with van der Waals surface area (Å²) in [5, 5.41) is 5.09. The smallest absolute Gasteiger partial charge is 0.143 e. The largest absolute Gasteiger partial charge is 0.487 e. The molecule has 3 nitrogen and oxygen atoms in total. The van der Waals surface area contributed by atoms with Gasteiger partial charge in [-0.25, -0.2) is 0 Å². The lowest BCUT2D eigenvalue weighted by Gasteiger charge is -2.15. The van der Waals surface area contributed by atoms with E-state index in [1.165, 1.54) is 0 Å². The molecule has 0 radical (unpaired) electrons. The zero-order valence-electron chi connectivity index (χ0n) is 17.0. The molecular weight excluding hydrogens is 465 g/mol. The van der Waals surface area contributed by atoms with Crippen molar-refractivity contribution in [3.05, 3.63) is 117 Å². The summed E-state index contributed by atoms with van der Waals surface area (Å²) in [5.74, 6) is 2.16. The Morgan fingerprint density at radius 2 is 1.38 bits per heavy atom. The van der Waals surface area contributed by atoms with Crippen molar-refractivity contribution in [3.63, 3.8) is 0 Å². The first-order chi connectivity index (χ1) is 15.6. The van der Waals surface area contributed by atoms with Crippen LogP contribution in [-0.2, 0) is 13.2 Å². The minimum absolute atomic E-state index is 0.372. The standard InChI is InChI=1S/C26H20Cl3NO2/c27-20-8-6-18(7-9-20)17-31-26-19(14-21(28)15-25(26)29)16-30-22-10-12-24(13-11-22)32-23-4-2-1-3-5-23/h1-15,30H,16-17H2. The molecule has 0 heterocycles. The van der Waals surface area contributed by atoms with Gasteiger partial charge in [-0.15, -0.1) is 0 Å². The predicted octanol–water partition coefficient (Wildman–Crippen LogP) is 8.63. The van der Waals surface area contributed by atoms with Crippen molar-refractivity contribution in [2.75, 3.05) is 5.32 Å². The Bertz CT molecular complexity index is 1160. The van der Waals surface area contributed by atoms with Gasteiger partial charge >= 0.3 is 0 Å². The first-order valence-corrected chi connectivity index (χ1v) is 11.1. The van der Waals surface area contributed by atoms with Gasteiger partial charge in [0.25, 0.3) is 0 Å². The Morgan fingerprint density at radius 1 is 0.688 bits per heavy atom. The molecule has 0 aliphatic heterocycles. The second-order valence-electron chi connectivity index (χ2n) is 7.08. The summed E-state index contributed by atoms with van der Waals surface area (Å²) in [6.07, 6.45) is 0. The number of anilines is 1. The van der Waals surface area contributed by atoms with Gasteiger partial charge in [0.1, 0.15) is 23.9 Å². The molecule has 6 heteroatoms. The second-order valence-corrected chi connectivity index (χ2v) is 8.36. The SMILES string of the molecule is Clc1ccc(COc2c(Cl)cc(Cl)cc2CNc2ccc(Oc3ccccc3)cc2)cc1. The van der Waals surface area contributed by atoms with Crippen molar-refractivity contribution in [3.8, 4) is 17.2 Å². The summed E-state index contributed by atoms with van der Waals surface area (Å²) < 4.78 is 11.9. The summed E-state index contributed by atoms with van der Waals surface area (Å²) in [5.41, 5.74) is 2.79. The number of halogens is 3. The molecule has 0 saturated heterocycles. The Kier molecular flexibility index (Phi) is 7.43. The molecule has 0 aliphatic rings. The number of hydrogen-bond donors (Lipinski definition) is 1. The summed E-state index contributed by atoms with van der Waals surface area (Å²) in [6.45, 7) is 0.867. The maximum Gasteiger partial charge on any atom is 0.143 e. The van der Waals surface area contributed by atoms with E-state index in [-0.39, 0.29) is 0 Å². The molecule has 1 N–H and O–H groups in total. The van der Waals surface area contributed by atoms with Crippen LogP contribution in [0.4, 0.5) is 5.69 Å². The highest BCUT2D eigenvalue weighted by molar-refractivity contribution is 6.35. The molecule has 4 aromatic rings. The van der Waals surface area contributed by atoms with Crippen LogP contribution in [0.5, 0.6) is 17.2 Å². The van der Waals surface area contributed by atoms with Gasteiger partial charge in [0.15, 0.2) is 0 Å². The van der Waals surface area contributed by atoms with Gasteiger partial charge in [0, 0.05) is 27.8 Å². The Balaban J connectivity index is 1.42. The van der Waals surface area contributed by atoms with E-state index in [0.29, 0.717) is 34.0 Å². The van der Waals surface area contributed by atoms with Crippen LogP contribution in [0, 0.1) is 0 Å². The van der Waals surface area contributed by atoms with Crippen molar-refractivity contribution in [2.24, 2.45) is 0 Å². The monoisotopic (exact) mass is 483 g/mol. The molecule has 0 bridgehead atoms. The number of ether oxygens (including phenoxy) is 2. The molecule has 0 amide bonds. The number of benzene rings is 4. The van der Waals surface area contributed by atoms with Gasteiger partial charge in [0.2, 0.25) is 0 Å². The summed E-state index contributed by atoms with van der Waals surface area (Å²) >= 11 is 18.6. The third-order valence-electron chi connectivity index (χ3n) is 4.70. The van der Waals surface area contributed by atoms with E-state index in [4.69, 9.17) is 44.3 Å². The number of para-hydroxylation sites is 1. The molecule has 0 atom stereocenters. The van der Waals surface area contributed by atoms with Crippen molar-refractivity contribution < 1.29 is 9.47 Å². The first kappa shape index (κ1) is 22.3. The van der Waals surface area contributed by atoms with Crippen molar-refractivity contribution in [2.45, 2.75) is 13.2 Å². The average molecular weight is 485 g/mol. The molecule has 0 fully saturated rings. The zero-order valence-corrected chi connectivity index (χ0v) is 19.3. The first-order valence-electron chi connectivity index (χ1n) is 9.99. The molecule has 4 aromatic carbocycles. The van der Waals surface area contributed by atoms with Crippen LogP contribution in [-0.4, -0.2) is 0 Å². The molecule has 0 aromatic heterocycles. The fraction of sp³-hybridized carbons (Fsp3) is 0.0769. The van der Waals surface area contributed by atoms with Gasteiger partial charge in [-0.3, -0.25) is 0 Å². The number of nitrogens with one attached hydrogen (secondary N) is 1. The quantitative estimate of drug-likeness (QED) is 0.271. The van der Waals surface area contributed by atoms with Crippen molar-refractivity contribution >= 4 is 40.5 Å².